The van der Waals surface area contributed by atoms with E-state index in [1.807, 2.05) is 0 Å². The highest BCUT2D eigenvalue weighted by Crippen LogP contribution is 2.44. The van der Waals surface area contributed by atoms with Gasteiger partial charge in [0.05, 0.1) is 18.3 Å². The number of hydrogen-bond donors (Lipinski definition) is 1. The zero-order valence-electron chi connectivity index (χ0n) is 13.3. The molecule has 2 heterocycles. The molecule has 1 aromatic carbocycles. The highest BCUT2D eigenvalue weighted by molar-refractivity contribution is 5.30. The Morgan fingerprint density at radius 2 is 2.00 bits per heavy atom. The minimum absolute atomic E-state index is 0.222. The quantitative estimate of drug-likeness (QED) is 0.866. The summed E-state index contributed by atoms with van der Waals surface area (Å²) >= 11 is 0. The van der Waals surface area contributed by atoms with Crippen LogP contribution in [0.25, 0.3) is 0 Å². The second kappa shape index (κ2) is 6.37. The summed E-state index contributed by atoms with van der Waals surface area (Å²) in [7, 11) is 0. The topological polar surface area (TPSA) is 30.5 Å². The number of hydrogen-bond acceptors (Lipinski definition) is 3. The van der Waals surface area contributed by atoms with Gasteiger partial charge in [0.2, 0.25) is 0 Å². The van der Waals surface area contributed by atoms with Crippen LogP contribution in [0.2, 0.25) is 0 Å². The van der Waals surface area contributed by atoms with Gasteiger partial charge in [-0.25, -0.2) is 0 Å². The van der Waals surface area contributed by atoms with Crippen LogP contribution in [0, 0.1) is 5.92 Å². The summed E-state index contributed by atoms with van der Waals surface area (Å²) in [5.74, 6) is 1.56. The molecule has 2 bridgehead atoms. The van der Waals surface area contributed by atoms with Gasteiger partial charge in [-0.3, -0.25) is 0 Å². The van der Waals surface area contributed by atoms with Gasteiger partial charge in [-0.05, 0) is 57.4 Å². The molecular formula is C18H27NO2. The Morgan fingerprint density at radius 1 is 1.24 bits per heavy atom. The molecule has 0 radical (unpaired) electrons. The second-order valence-electron chi connectivity index (χ2n) is 6.54. The molecule has 3 nitrogen and oxygen atoms in total. The van der Waals surface area contributed by atoms with Gasteiger partial charge in [0, 0.05) is 12.0 Å². The average Bonchev–Trinajstić information content (AvgIpc) is 3.08. The smallest absolute Gasteiger partial charge is 0.119 e. The fourth-order valence-corrected chi connectivity index (χ4v) is 3.79. The van der Waals surface area contributed by atoms with Crippen molar-refractivity contribution in [3.05, 3.63) is 29.8 Å². The summed E-state index contributed by atoms with van der Waals surface area (Å²) in [5, 5.41) is 3.67. The Hall–Kier alpha value is -1.06. The SMILES string of the molecule is CCNC(c1ccc(OC(C)C)cc1)C1CC2CCC1O2. The van der Waals surface area contributed by atoms with Crippen LogP contribution in [0.1, 0.15) is 51.6 Å². The van der Waals surface area contributed by atoms with Gasteiger partial charge in [-0.1, -0.05) is 19.1 Å². The normalized spacial score (nSPS) is 29.0. The summed E-state index contributed by atoms with van der Waals surface area (Å²) < 4.78 is 11.8. The predicted molar refractivity (Wildman–Crippen MR) is 84.6 cm³/mol. The van der Waals surface area contributed by atoms with Crippen LogP contribution in [0.4, 0.5) is 0 Å². The molecule has 4 unspecified atom stereocenters. The lowest BCUT2D eigenvalue weighted by molar-refractivity contribution is 0.0858. The van der Waals surface area contributed by atoms with Crippen LogP contribution in [-0.4, -0.2) is 24.9 Å². The number of fused-ring (bicyclic) bond motifs is 2. The number of ether oxygens (including phenoxy) is 2. The maximum atomic E-state index is 6.05. The van der Waals surface area contributed by atoms with Crippen LogP contribution in [-0.2, 0) is 4.74 Å². The minimum Gasteiger partial charge on any atom is -0.491 e. The van der Waals surface area contributed by atoms with E-state index < -0.39 is 0 Å². The molecule has 3 rings (SSSR count). The highest BCUT2D eigenvalue weighted by Gasteiger charge is 2.44. The van der Waals surface area contributed by atoms with Crippen molar-refractivity contribution in [1.29, 1.82) is 0 Å². The van der Waals surface area contributed by atoms with Gasteiger partial charge in [0.25, 0.3) is 0 Å². The van der Waals surface area contributed by atoms with Crippen LogP contribution < -0.4 is 10.1 Å². The van der Waals surface area contributed by atoms with E-state index in [0.29, 0.717) is 24.2 Å². The van der Waals surface area contributed by atoms with E-state index in [4.69, 9.17) is 9.47 Å². The minimum atomic E-state index is 0.222. The summed E-state index contributed by atoms with van der Waals surface area (Å²) in [4.78, 5) is 0. The zero-order valence-corrected chi connectivity index (χ0v) is 13.3. The first-order valence-corrected chi connectivity index (χ1v) is 8.32. The van der Waals surface area contributed by atoms with Crippen LogP contribution in [0.5, 0.6) is 5.75 Å². The molecule has 4 atom stereocenters. The lowest BCUT2D eigenvalue weighted by Gasteiger charge is -2.29. The second-order valence-corrected chi connectivity index (χ2v) is 6.54. The molecule has 0 spiro atoms. The summed E-state index contributed by atoms with van der Waals surface area (Å²) in [6.45, 7) is 7.28. The van der Waals surface area contributed by atoms with E-state index in [1.54, 1.807) is 0 Å². The monoisotopic (exact) mass is 289 g/mol. The fourth-order valence-electron chi connectivity index (χ4n) is 3.79. The van der Waals surface area contributed by atoms with Crippen molar-refractivity contribution in [2.75, 3.05) is 6.54 Å². The summed E-state index contributed by atoms with van der Waals surface area (Å²) in [6.07, 6.45) is 4.86. The number of rotatable bonds is 6. The van der Waals surface area contributed by atoms with Gasteiger partial charge in [0.15, 0.2) is 0 Å². The van der Waals surface area contributed by atoms with Gasteiger partial charge in [0.1, 0.15) is 5.75 Å². The average molecular weight is 289 g/mol. The van der Waals surface area contributed by atoms with Crippen molar-refractivity contribution < 1.29 is 9.47 Å². The molecule has 0 aromatic heterocycles. The van der Waals surface area contributed by atoms with Gasteiger partial charge in [-0.15, -0.1) is 0 Å². The van der Waals surface area contributed by atoms with Crippen LogP contribution >= 0.6 is 0 Å². The molecule has 0 saturated carbocycles. The predicted octanol–water partition coefficient (Wildman–Crippen LogP) is 3.69. The molecule has 3 heteroatoms. The van der Waals surface area contributed by atoms with Gasteiger partial charge < -0.3 is 14.8 Å². The Labute approximate surface area is 128 Å². The first kappa shape index (κ1) is 14.9. The Morgan fingerprint density at radius 3 is 2.52 bits per heavy atom. The first-order chi connectivity index (χ1) is 10.2. The first-order valence-electron chi connectivity index (χ1n) is 8.32. The molecule has 2 aliphatic rings. The molecule has 1 N–H and O–H groups in total. The van der Waals surface area contributed by atoms with E-state index >= 15 is 0 Å². The Balaban J connectivity index is 1.74. The van der Waals surface area contributed by atoms with E-state index in [0.717, 1.165) is 12.3 Å². The molecule has 1 aromatic rings. The molecule has 2 saturated heterocycles. The zero-order chi connectivity index (χ0) is 14.8. The maximum absolute atomic E-state index is 6.05. The van der Waals surface area contributed by atoms with E-state index in [-0.39, 0.29) is 6.10 Å². The molecular weight excluding hydrogens is 262 g/mol. The Bertz CT molecular complexity index is 457. The summed E-state index contributed by atoms with van der Waals surface area (Å²) in [6, 6.07) is 8.99. The van der Waals surface area contributed by atoms with Crippen molar-refractivity contribution >= 4 is 0 Å². The molecule has 116 valence electrons. The standard InChI is InChI=1S/C18H27NO2/c1-4-19-18(16-11-15-9-10-17(16)21-15)13-5-7-14(8-6-13)20-12(2)3/h5-8,12,15-19H,4,9-11H2,1-3H3. The van der Waals surface area contributed by atoms with E-state index in [2.05, 4.69) is 50.4 Å². The van der Waals surface area contributed by atoms with Crippen molar-refractivity contribution in [3.8, 4) is 5.75 Å². The molecule has 0 aliphatic carbocycles. The summed E-state index contributed by atoms with van der Waals surface area (Å²) in [5.41, 5.74) is 1.36. The third kappa shape index (κ3) is 3.24. The van der Waals surface area contributed by atoms with E-state index in [1.165, 1.54) is 24.8 Å². The molecule has 21 heavy (non-hydrogen) atoms. The van der Waals surface area contributed by atoms with Crippen molar-refractivity contribution in [3.63, 3.8) is 0 Å². The number of benzene rings is 1. The molecule has 2 fully saturated rings. The van der Waals surface area contributed by atoms with Crippen molar-refractivity contribution in [2.24, 2.45) is 5.92 Å². The molecule has 0 amide bonds. The fraction of sp³-hybridized carbons (Fsp3) is 0.667. The van der Waals surface area contributed by atoms with Crippen LogP contribution in [0.3, 0.4) is 0 Å². The Kier molecular flexibility index (Phi) is 4.51. The largest absolute Gasteiger partial charge is 0.491 e. The molecule has 2 aliphatic heterocycles. The number of nitrogens with one attached hydrogen (secondary N) is 1. The maximum Gasteiger partial charge on any atom is 0.119 e. The van der Waals surface area contributed by atoms with Gasteiger partial charge >= 0.3 is 0 Å². The third-order valence-corrected chi connectivity index (χ3v) is 4.62. The van der Waals surface area contributed by atoms with E-state index in [9.17, 15) is 0 Å². The highest BCUT2D eigenvalue weighted by atomic mass is 16.5. The third-order valence-electron chi connectivity index (χ3n) is 4.62. The lowest BCUT2D eigenvalue weighted by atomic mass is 9.81. The van der Waals surface area contributed by atoms with Crippen LogP contribution in [0.15, 0.2) is 24.3 Å². The van der Waals surface area contributed by atoms with Gasteiger partial charge in [-0.2, -0.15) is 0 Å². The van der Waals surface area contributed by atoms with Crippen molar-refractivity contribution in [1.82, 2.24) is 5.32 Å². The van der Waals surface area contributed by atoms with Crippen molar-refractivity contribution in [2.45, 2.75) is 64.4 Å². The lowest BCUT2D eigenvalue weighted by Crippen LogP contribution is -2.33.